The van der Waals surface area contributed by atoms with Crippen molar-refractivity contribution in [2.75, 3.05) is 13.2 Å². The number of rotatable bonds is 7. The van der Waals surface area contributed by atoms with Crippen molar-refractivity contribution in [3.05, 3.63) is 42.0 Å². The van der Waals surface area contributed by atoms with Crippen LogP contribution in [-0.4, -0.2) is 27.5 Å². The van der Waals surface area contributed by atoms with E-state index in [9.17, 15) is 4.79 Å². The van der Waals surface area contributed by atoms with Gasteiger partial charge in [0.15, 0.2) is 8.32 Å². The molecule has 1 rings (SSSR count). The van der Waals surface area contributed by atoms with Gasteiger partial charge in [-0.05, 0) is 42.6 Å². The summed E-state index contributed by atoms with van der Waals surface area (Å²) in [6, 6.07) is 9.94. The molecule has 0 N–H and O–H groups in total. The molecule has 3 nitrogen and oxygen atoms in total. The van der Waals surface area contributed by atoms with Crippen LogP contribution in [0.15, 0.2) is 36.4 Å². The molecule has 0 heterocycles. The molecule has 0 aliphatic carbocycles. The lowest BCUT2D eigenvalue weighted by molar-refractivity contribution is -0.137. The molecule has 0 amide bonds. The van der Waals surface area contributed by atoms with E-state index in [0.717, 1.165) is 11.1 Å². The number of esters is 1. The fraction of sp³-hybridized carbons (Fsp3) is 0.526. The van der Waals surface area contributed by atoms with Gasteiger partial charge in [0.2, 0.25) is 0 Å². The van der Waals surface area contributed by atoms with E-state index in [1.807, 2.05) is 37.3 Å². The lowest BCUT2D eigenvalue weighted by atomic mass is 10.0. The standard InChI is InChI=1S/C19H30O3Si/c1-7-21-18(20)15-17(16-11-9-8-10-12-16)13-14-22-23(5,6)19(2,3)4/h8-12,15H,7,13-14H2,1-6H3/b17-15+. The monoisotopic (exact) mass is 334 g/mol. The van der Waals surface area contributed by atoms with Gasteiger partial charge < -0.3 is 9.16 Å². The van der Waals surface area contributed by atoms with Crippen LogP contribution in [0.4, 0.5) is 0 Å². The van der Waals surface area contributed by atoms with Crippen LogP contribution in [0.2, 0.25) is 18.1 Å². The predicted octanol–water partition coefficient (Wildman–Crippen LogP) is 5.05. The van der Waals surface area contributed by atoms with Crippen molar-refractivity contribution in [1.29, 1.82) is 0 Å². The first-order valence-corrected chi connectivity index (χ1v) is 11.1. The maximum absolute atomic E-state index is 11.8. The lowest BCUT2D eigenvalue weighted by Gasteiger charge is -2.36. The fourth-order valence-corrected chi connectivity index (χ4v) is 2.96. The van der Waals surface area contributed by atoms with Crippen LogP contribution in [0.1, 0.15) is 39.7 Å². The number of hydrogen-bond donors (Lipinski definition) is 0. The zero-order chi connectivity index (χ0) is 17.5. The molecule has 1 aromatic rings. The quantitative estimate of drug-likeness (QED) is 0.398. The minimum atomic E-state index is -1.77. The van der Waals surface area contributed by atoms with Gasteiger partial charge >= 0.3 is 5.97 Å². The summed E-state index contributed by atoms with van der Waals surface area (Å²) in [5.74, 6) is -0.293. The van der Waals surface area contributed by atoms with Gasteiger partial charge in [-0.3, -0.25) is 0 Å². The van der Waals surface area contributed by atoms with E-state index in [2.05, 4.69) is 33.9 Å². The third-order valence-corrected chi connectivity index (χ3v) is 8.90. The SMILES string of the molecule is CCOC(=O)/C=C(\CCO[Si](C)(C)C(C)(C)C)c1ccccc1. The van der Waals surface area contributed by atoms with Crippen molar-refractivity contribution in [3.8, 4) is 0 Å². The van der Waals surface area contributed by atoms with Gasteiger partial charge in [0.05, 0.1) is 6.61 Å². The minimum Gasteiger partial charge on any atom is -0.463 e. The molecule has 0 saturated heterocycles. The largest absolute Gasteiger partial charge is 0.463 e. The normalized spacial score (nSPS) is 13.0. The fourth-order valence-electron chi connectivity index (χ4n) is 1.91. The van der Waals surface area contributed by atoms with Crippen LogP contribution in [0.3, 0.4) is 0 Å². The second kappa shape index (κ2) is 8.46. The smallest absolute Gasteiger partial charge is 0.331 e. The zero-order valence-corrected chi connectivity index (χ0v) is 16.3. The topological polar surface area (TPSA) is 35.5 Å². The highest BCUT2D eigenvalue weighted by Gasteiger charge is 2.36. The van der Waals surface area contributed by atoms with Gasteiger partial charge in [-0.15, -0.1) is 0 Å². The second-order valence-corrected chi connectivity index (χ2v) is 12.0. The molecule has 0 aromatic heterocycles. The van der Waals surface area contributed by atoms with E-state index < -0.39 is 8.32 Å². The van der Waals surface area contributed by atoms with Crippen LogP contribution in [0.5, 0.6) is 0 Å². The first kappa shape index (κ1) is 19.7. The van der Waals surface area contributed by atoms with Crippen LogP contribution >= 0.6 is 0 Å². The van der Waals surface area contributed by atoms with E-state index in [-0.39, 0.29) is 11.0 Å². The molecular weight excluding hydrogens is 304 g/mol. The van der Waals surface area contributed by atoms with Crippen molar-refractivity contribution in [1.82, 2.24) is 0 Å². The van der Waals surface area contributed by atoms with Gasteiger partial charge in [-0.2, -0.15) is 0 Å². The third-order valence-electron chi connectivity index (χ3n) is 4.36. The Kier molecular flexibility index (Phi) is 7.23. The highest BCUT2D eigenvalue weighted by molar-refractivity contribution is 6.74. The molecule has 0 aliphatic heterocycles. The van der Waals surface area contributed by atoms with E-state index >= 15 is 0 Å². The first-order valence-electron chi connectivity index (χ1n) is 8.24. The molecular formula is C19H30O3Si. The summed E-state index contributed by atoms with van der Waals surface area (Å²) in [6.45, 7) is 14.0. The Morgan fingerprint density at radius 1 is 1.17 bits per heavy atom. The maximum atomic E-state index is 11.8. The van der Waals surface area contributed by atoms with Crippen molar-refractivity contribution < 1.29 is 14.0 Å². The number of benzene rings is 1. The molecule has 0 fully saturated rings. The molecule has 0 aliphatic rings. The number of carbonyl (C=O) groups excluding carboxylic acids is 1. The molecule has 23 heavy (non-hydrogen) atoms. The van der Waals surface area contributed by atoms with Crippen molar-refractivity contribution in [2.45, 2.75) is 52.2 Å². The molecule has 0 unspecified atom stereocenters. The summed E-state index contributed by atoms with van der Waals surface area (Å²) >= 11 is 0. The summed E-state index contributed by atoms with van der Waals surface area (Å²) < 4.78 is 11.3. The Bertz CT molecular complexity index is 527. The van der Waals surface area contributed by atoms with E-state index in [1.165, 1.54) is 0 Å². The number of carbonyl (C=O) groups is 1. The van der Waals surface area contributed by atoms with Crippen LogP contribution in [0, 0.1) is 0 Å². The van der Waals surface area contributed by atoms with Crippen molar-refractivity contribution >= 4 is 19.9 Å². The molecule has 0 spiro atoms. The highest BCUT2D eigenvalue weighted by Crippen LogP contribution is 2.36. The summed E-state index contributed by atoms with van der Waals surface area (Å²) in [4.78, 5) is 11.8. The van der Waals surface area contributed by atoms with Gasteiger partial charge in [0.1, 0.15) is 0 Å². The average Bonchev–Trinajstić information content (AvgIpc) is 2.46. The molecule has 0 atom stereocenters. The van der Waals surface area contributed by atoms with Crippen molar-refractivity contribution in [2.24, 2.45) is 0 Å². The summed E-state index contributed by atoms with van der Waals surface area (Å²) in [7, 11) is -1.77. The van der Waals surface area contributed by atoms with Crippen LogP contribution in [-0.2, 0) is 14.0 Å². The highest BCUT2D eigenvalue weighted by atomic mass is 28.4. The Labute approximate surface area is 141 Å². The number of ether oxygens (including phenoxy) is 1. The van der Waals surface area contributed by atoms with E-state index in [1.54, 1.807) is 6.08 Å². The number of hydrogen-bond acceptors (Lipinski definition) is 3. The van der Waals surface area contributed by atoms with Gasteiger partial charge in [0.25, 0.3) is 0 Å². The summed E-state index contributed by atoms with van der Waals surface area (Å²) in [6.07, 6.45) is 2.29. The Morgan fingerprint density at radius 3 is 2.30 bits per heavy atom. The van der Waals surface area contributed by atoms with E-state index in [4.69, 9.17) is 9.16 Å². The van der Waals surface area contributed by atoms with Crippen LogP contribution in [0.25, 0.3) is 5.57 Å². The van der Waals surface area contributed by atoms with Gasteiger partial charge in [-0.1, -0.05) is 51.1 Å². The third kappa shape index (κ3) is 6.32. The van der Waals surface area contributed by atoms with Gasteiger partial charge in [-0.25, -0.2) is 4.79 Å². The molecule has 128 valence electrons. The second-order valence-electron chi connectivity index (χ2n) is 7.15. The predicted molar refractivity (Wildman–Crippen MR) is 98.8 cm³/mol. The Hall–Kier alpha value is -1.39. The molecule has 0 bridgehead atoms. The first-order chi connectivity index (χ1) is 10.7. The zero-order valence-electron chi connectivity index (χ0n) is 15.3. The average molecular weight is 335 g/mol. The summed E-state index contributed by atoms with van der Waals surface area (Å²) in [5.41, 5.74) is 2.00. The molecule has 0 radical (unpaired) electrons. The lowest BCUT2D eigenvalue weighted by Crippen LogP contribution is -2.41. The molecule has 4 heteroatoms. The maximum Gasteiger partial charge on any atom is 0.331 e. The molecule has 0 saturated carbocycles. The van der Waals surface area contributed by atoms with Crippen molar-refractivity contribution in [3.63, 3.8) is 0 Å². The Morgan fingerprint density at radius 2 is 1.78 bits per heavy atom. The van der Waals surface area contributed by atoms with Crippen LogP contribution < -0.4 is 0 Å². The Balaban J connectivity index is 2.81. The summed E-state index contributed by atoms with van der Waals surface area (Å²) in [5, 5.41) is 0.185. The minimum absolute atomic E-state index is 0.185. The van der Waals surface area contributed by atoms with E-state index in [0.29, 0.717) is 19.6 Å². The molecule has 1 aromatic carbocycles. The van der Waals surface area contributed by atoms with Gasteiger partial charge in [0, 0.05) is 12.7 Å².